The Labute approximate surface area is 176 Å². The second-order valence-electron chi connectivity index (χ2n) is 6.28. The van der Waals surface area contributed by atoms with Gasteiger partial charge in [-0.25, -0.2) is 4.42 Å². The summed E-state index contributed by atoms with van der Waals surface area (Å²) in [6.07, 6.45) is 0. The molecule has 1 aromatic heterocycles. The van der Waals surface area contributed by atoms with Gasteiger partial charge in [0.25, 0.3) is 0 Å². The summed E-state index contributed by atoms with van der Waals surface area (Å²) >= 11 is 6.42. The van der Waals surface area contributed by atoms with Gasteiger partial charge in [0.05, 0.1) is 23.3 Å². The van der Waals surface area contributed by atoms with Crippen molar-refractivity contribution in [3.05, 3.63) is 102 Å². The molecule has 0 saturated carbocycles. The molecule has 30 heavy (non-hydrogen) atoms. The predicted octanol–water partition coefficient (Wildman–Crippen LogP) is 8.52. The van der Waals surface area contributed by atoms with E-state index in [1.807, 2.05) is 97.1 Å². The van der Waals surface area contributed by atoms with Crippen LogP contribution in [0.4, 0.5) is 17.3 Å². The molecule has 1 nitrogen and oxygen atoms in total. The Balaban J connectivity index is 0.000000461. The number of hydrogen-bond acceptors (Lipinski definition) is 0. The largest absolute Gasteiger partial charge is 0.673 e. The molecule has 7 heteroatoms. The van der Waals surface area contributed by atoms with E-state index in [-0.39, 0.29) is 0 Å². The first kappa shape index (κ1) is 21.6. The monoisotopic (exact) mass is 430 g/mol. The second-order valence-corrected chi connectivity index (χ2v) is 6.69. The van der Waals surface area contributed by atoms with Crippen LogP contribution in [0.1, 0.15) is 0 Å². The fraction of sp³-hybridized carbons (Fsp3) is 0. The zero-order chi connectivity index (χ0) is 21.6. The van der Waals surface area contributed by atoms with Gasteiger partial charge in [0.15, 0.2) is 0 Å². The maximum atomic E-state index is 9.75. The van der Waals surface area contributed by atoms with Crippen molar-refractivity contribution < 1.29 is 21.7 Å². The van der Waals surface area contributed by atoms with E-state index < -0.39 is 7.25 Å². The third kappa shape index (κ3) is 6.19. The lowest BCUT2D eigenvalue weighted by Gasteiger charge is -2.04. The van der Waals surface area contributed by atoms with Gasteiger partial charge in [0.1, 0.15) is 0 Å². The fourth-order valence-corrected chi connectivity index (χ4v) is 3.09. The van der Waals surface area contributed by atoms with Crippen LogP contribution in [-0.4, -0.2) is 7.25 Å². The smallest absolute Gasteiger partial charge is 0.418 e. The van der Waals surface area contributed by atoms with Gasteiger partial charge >= 0.3 is 18.8 Å². The molecule has 4 aromatic rings. The number of rotatable bonds is 3. The first-order valence-electron chi connectivity index (χ1n) is 9.02. The summed E-state index contributed by atoms with van der Waals surface area (Å²) < 4.78 is 45.2. The van der Waals surface area contributed by atoms with Crippen LogP contribution in [0.2, 0.25) is 5.02 Å². The molecule has 0 aliphatic carbocycles. The first-order valence-corrected chi connectivity index (χ1v) is 9.40. The van der Waals surface area contributed by atoms with Crippen molar-refractivity contribution in [1.82, 2.24) is 0 Å². The Bertz CT molecular complexity index is 1040. The summed E-state index contributed by atoms with van der Waals surface area (Å²) in [5, 5.41) is 0.728. The molecule has 0 radical (unpaired) electrons. The zero-order valence-electron chi connectivity index (χ0n) is 15.6. The third-order valence-electron chi connectivity index (χ3n) is 4.09. The van der Waals surface area contributed by atoms with E-state index in [4.69, 9.17) is 16.0 Å². The van der Waals surface area contributed by atoms with Crippen molar-refractivity contribution in [2.45, 2.75) is 0 Å². The van der Waals surface area contributed by atoms with Crippen LogP contribution in [0.25, 0.3) is 33.8 Å². The molecule has 0 amide bonds. The molecule has 4 rings (SSSR count). The van der Waals surface area contributed by atoms with Crippen LogP contribution in [0, 0.1) is 0 Å². The summed E-state index contributed by atoms with van der Waals surface area (Å²) in [5.74, 6) is 1.63. The lowest BCUT2D eigenvalue weighted by Crippen LogP contribution is -2.02. The van der Waals surface area contributed by atoms with Crippen LogP contribution >= 0.6 is 11.6 Å². The van der Waals surface area contributed by atoms with E-state index in [0.717, 1.165) is 38.8 Å². The van der Waals surface area contributed by atoms with Crippen LogP contribution < -0.4 is 0 Å². The third-order valence-corrected chi connectivity index (χ3v) is 4.42. The SMILES string of the molecule is Clc1ccccc1-c1cc(-c2ccccc2)[o+]c(-c2ccccc2)c1.F[B-](F)(F)F. The molecule has 0 saturated heterocycles. The van der Waals surface area contributed by atoms with Gasteiger partial charge in [-0.3, -0.25) is 0 Å². The van der Waals surface area contributed by atoms with Gasteiger partial charge in [0.2, 0.25) is 0 Å². The Kier molecular flexibility index (Phi) is 6.90. The highest BCUT2D eigenvalue weighted by molar-refractivity contribution is 6.50. The molecule has 1 heterocycles. The second kappa shape index (κ2) is 9.59. The van der Waals surface area contributed by atoms with Crippen LogP contribution in [0.5, 0.6) is 0 Å². The number of halogens is 5. The van der Waals surface area contributed by atoms with Crippen molar-refractivity contribution in [3.63, 3.8) is 0 Å². The lowest BCUT2D eigenvalue weighted by atomic mass is 10.0. The van der Waals surface area contributed by atoms with Crippen LogP contribution in [0.3, 0.4) is 0 Å². The van der Waals surface area contributed by atoms with E-state index in [1.54, 1.807) is 0 Å². The maximum absolute atomic E-state index is 9.75. The molecular weight excluding hydrogens is 415 g/mol. The maximum Gasteiger partial charge on any atom is 0.673 e. The molecule has 0 aliphatic rings. The molecule has 0 unspecified atom stereocenters. The minimum atomic E-state index is -6.00. The zero-order valence-corrected chi connectivity index (χ0v) is 16.4. The predicted molar refractivity (Wildman–Crippen MR) is 115 cm³/mol. The summed E-state index contributed by atoms with van der Waals surface area (Å²) in [5.41, 5.74) is 4.10. The highest BCUT2D eigenvalue weighted by Crippen LogP contribution is 2.35. The van der Waals surface area contributed by atoms with Crippen molar-refractivity contribution in [2.24, 2.45) is 0 Å². The van der Waals surface area contributed by atoms with E-state index in [9.17, 15) is 17.3 Å². The average molecular weight is 431 g/mol. The van der Waals surface area contributed by atoms with Gasteiger partial charge in [-0.2, -0.15) is 0 Å². The van der Waals surface area contributed by atoms with Gasteiger partial charge in [0, 0.05) is 16.1 Å². The molecular formula is C23H16BClF4O. The Morgan fingerprint density at radius 3 is 1.40 bits per heavy atom. The average Bonchev–Trinajstić information content (AvgIpc) is 2.74. The van der Waals surface area contributed by atoms with E-state index in [1.165, 1.54) is 0 Å². The molecule has 152 valence electrons. The van der Waals surface area contributed by atoms with Crippen LogP contribution in [0.15, 0.2) is 101 Å². The summed E-state index contributed by atoms with van der Waals surface area (Å²) in [4.78, 5) is 0. The number of hydrogen-bond donors (Lipinski definition) is 0. The number of benzene rings is 3. The summed E-state index contributed by atoms with van der Waals surface area (Å²) in [6, 6.07) is 32.2. The highest BCUT2D eigenvalue weighted by Gasteiger charge is 2.21. The van der Waals surface area contributed by atoms with Crippen molar-refractivity contribution in [2.75, 3.05) is 0 Å². The lowest BCUT2D eigenvalue weighted by molar-refractivity contribution is 0.368. The molecule has 0 aliphatic heterocycles. The van der Waals surface area contributed by atoms with Gasteiger partial charge in [-0.1, -0.05) is 66.2 Å². The molecule has 0 atom stereocenters. The van der Waals surface area contributed by atoms with Crippen molar-refractivity contribution in [3.8, 4) is 33.8 Å². The molecule has 0 bridgehead atoms. The molecule has 0 fully saturated rings. The van der Waals surface area contributed by atoms with Gasteiger partial charge in [-0.15, -0.1) is 0 Å². The Morgan fingerprint density at radius 1 is 0.567 bits per heavy atom. The van der Waals surface area contributed by atoms with Crippen LogP contribution in [-0.2, 0) is 0 Å². The van der Waals surface area contributed by atoms with E-state index in [2.05, 4.69) is 0 Å². The molecule has 3 aromatic carbocycles. The quantitative estimate of drug-likeness (QED) is 0.180. The topological polar surface area (TPSA) is 11.3 Å². The minimum Gasteiger partial charge on any atom is -0.418 e. The van der Waals surface area contributed by atoms with Crippen molar-refractivity contribution >= 4 is 18.9 Å². The molecule has 0 N–H and O–H groups in total. The van der Waals surface area contributed by atoms with E-state index in [0.29, 0.717) is 0 Å². The highest BCUT2D eigenvalue weighted by atomic mass is 35.5. The summed E-state index contributed by atoms with van der Waals surface area (Å²) in [7, 11) is -6.00. The fourth-order valence-electron chi connectivity index (χ4n) is 2.84. The minimum absolute atomic E-state index is 0.728. The Hall–Kier alpha value is -3.12. The molecule has 0 spiro atoms. The standard InChI is InChI=1S/C23H16ClO.BF4/c24-21-14-8-7-13-20(21)19-15-22(17-9-3-1-4-10-17)25-23(16-19)18-11-5-2-6-12-18;2-1(3,4)5/h1-16H;/q+1;-1. The Morgan fingerprint density at radius 2 is 0.967 bits per heavy atom. The summed E-state index contributed by atoms with van der Waals surface area (Å²) in [6.45, 7) is 0. The van der Waals surface area contributed by atoms with E-state index >= 15 is 0 Å². The van der Waals surface area contributed by atoms with Gasteiger partial charge in [-0.05, 0) is 30.3 Å². The van der Waals surface area contributed by atoms with Crippen molar-refractivity contribution in [1.29, 1.82) is 0 Å². The first-order chi connectivity index (χ1) is 14.3. The normalized spacial score (nSPS) is 10.8. The van der Waals surface area contributed by atoms with Gasteiger partial charge < -0.3 is 17.3 Å².